The van der Waals surface area contributed by atoms with Gasteiger partial charge in [0.05, 0.1) is 18.5 Å². The van der Waals surface area contributed by atoms with Crippen molar-refractivity contribution in [2.45, 2.75) is 11.9 Å². The fraction of sp³-hybridized carbons (Fsp3) is 0.294. The molecule has 1 fully saturated rings. The second-order valence-corrected chi connectivity index (χ2v) is 7.63. The average Bonchev–Trinajstić information content (AvgIpc) is 2.54. The van der Waals surface area contributed by atoms with Gasteiger partial charge < -0.3 is 4.74 Å². The van der Waals surface area contributed by atoms with Crippen molar-refractivity contribution in [3.05, 3.63) is 71.3 Å². The van der Waals surface area contributed by atoms with Crippen LogP contribution in [-0.4, -0.2) is 32.4 Å². The van der Waals surface area contributed by atoms with Crippen molar-refractivity contribution in [2.75, 3.05) is 19.7 Å². The maximum atomic E-state index is 13.3. The van der Waals surface area contributed by atoms with E-state index in [-0.39, 0.29) is 31.4 Å². The van der Waals surface area contributed by atoms with Gasteiger partial charge in [0.2, 0.25) is 10.0 Å². The molecular weight excluding hydrogens is 336 g/mol. The second kappa shape index (κ2) is 6.96. The third-order valence-electron chi connectivity index (χ3n) is 3.87. The molecule has 4 nitrogen and oxygen atoms in total. The Labute approximate surface area is 139 Å². The van der Waals surface area contributed by atoms with Gasteiger partial charge in [-0.05, 0) is 23.3 Å². The smallest absolute Gasteiger partial charge is 0.218 e. The predicted octanol–water partition coefficient (Wildman–Crippen LogP) is 2.87. The summed E-state index contributed by atoms with van der Waals surface area (Å²) >= 11 is 0. The summed E-state index contributed by atoms with van der Waals surface area (Å²) in [5, 5.41) is 0. The first-order chi connectivity index (χ1) is 11.4. The summed E-state index contributed by atoms with van der Waals surface area (Å²) in [6, 6.07) is 12.1. The molecule has 0 aromatic heterocycles. The number of hydrogen-bond donors (Lipinski definition) is 0. The fourth-order valence-electron chi connectivity index (χ4n) is 2.74. The lowest BCUT2D eigenvalue weighted by Crippen LogP contribution is -2.42. The van der Waals surface area contributed by atoms with E-state index in [0.717, 1.165) is 23.8 Å². The Morgan fingerprint density at radius 3 is 2.42 bits per heavy atom. The van der Waals surface area contributed by atoms with E-state index in [4.69, 9.17) is 4.74 Å². The van der Waals surface area contributed by atoms with Crippen molar-refractivity contribution in [3.8, 4) is 0 Å². The van der Waals surface area contributed by atoms with E-state index in [1.807, 2.05) is 30.3 Å². The van der Waals surface area contributed by atoms with Gasteiger partial charge in [-0.1, -0.05) is 30.3 Å². The Kier molecular flexibility index (Phi) is 4.93. The number of sulfonamides is 1. The van der Waals surface area contributed by atoms with Crippen molar-refractivity contribution < 1.29 is 21.9 Å². The molecule has 1 atom stereocenters. The molecular formula is C17H17F2NO3S. The number of benzene rings is 2. The van der Waals surface area contributed by atoms with Gasteiger partial charge in [-0.15, -0.1) is 0 Å². The highest BCUT2D eigenvalue weighted by atomic mass is 32.2. The first-order valence-electron chi connectivity index (χ1n) is 7.53. The minimum absolute atomic E-state index is 0.0928. The van der Waals surface area contributed by atoms with E-state index < -0.39 is 27.4 Å². The van der Waals surface area contributed by atoms with Crippen molar-refractivity contribution in [1.82, 2.24) is 4.31 Å². The van der Waals surface area contributed by atoms with Crippen molar-refractivity contribution >= 4 is 10.0 Å². The highest BCUT2D eigenvalue weighted by molar-refractivity contribution is 7.88. The third-order valence-corrected chi connectivity index (χ3v) is 5.68. The second-order valence-electron chi connectivity index (χ2n) is 5.66. The van der Waals surface area contributed by atoms with Gasteiger partial charge in [0.25, 0.3) is 0 Å². The zero-order chi connectivity index (χ0) is 17.2. The van der Waals surface area contributed by atoms with Gasteiger partial charge >= 0.3 is 0 Å². The van der Waals surface area contributed by atoms with Crippen LogP contribution in [0.25, 0.3) is 0 Å². The van der Waals surface area contributed by atoms with Crippen LogP contribution in [0.2, 0.25) is 0 Å². The molecule has 2 aromatic rings. The van der Waals surface area contributed by atoms with Crippen molar-refractivity contribution in [2.24, 2.45) is 0 Å². The number of nitrogens with zero attached hydrogens (tertiary/aromatic N) is 1. The van der Waals surface area contributed by atoms with E-state index in [9.17, 15) is 17.2 Å². The maximum absolute atomic E-state index is 13.3. The molecule has 0 N–H and O–H groups in total. The monoisotopic (exact) mass is 353 g/mol. The number of morpholine rings is 1. The molecule has 1 saturated heterocycles. The molecule has 0 spiro atoms. The Hall–Kier alpha value is -1.83. The molecule has 0 unspecified atom stereocenters. The molecule has 1 heterocycles. The Morgan fingerprint density at radius 2 is 1.75 bits per heavy atom. The Morgan fingerprint density at radius 1 is 1.08 bits per heavy atom. The van der Waals surface area contributed by atoms with Gasteiger partial charge in [0, 0.05) is 19.2 Å². The van der Waals surface area contributed by atoms with Gasteiger partial charge in [0.1, 0.15) is 11.6 Å². The number of halogens is 2. The number of rotatable bonds is 4. The molecule has 0 amide bonds. The lowest BCUT2D eigenvalue weighted by Gasteiger charge is -2.32. The molecule has 0 saturated carbocycles. The SMILES string of the molecule is O=S(=O)(Cc1cc(F)cc(F)c1)N1CCO[C@@H](c2ccccc2)C1. The maximum Gasteiger partial charge on any atom is 0.218 e. The summed E-state index contributed by atoms with van der Waals surface area (Å²) in [5.41, 5.74) is 0.990. The van der Waals surface area contributed by atoms with E-state index in [0.29, 0.717) is 0 Å². The van der Waals surface area contributed by atoms with Crippen molar-refractivity contribution in [1.29, 1.82) is 0 Å². The quantitative estimate of drug-likeness (QED) is 0.849. The molecule has 3 rings (SSSR count). The van der Waals surface area contributed by atoms with Crippen LogP contribution < -0.4 is 0 Å². The van der Waals surface area contributed by atoms with E-state index in [1.165, 1.54) is 4.31 Å². The largest absolute Gasteiger partial charge is 0.371 e. The molecule has 24 heavy (non-hydrogen) atoms. The van der Waals surface area contributed by atoms with Crippen molar-refractivity contribution in [3.63, 3.8) is 0 Å². The summed E-state index contributed by atoms with van der Waals surface area (Å²) in [7, 11) is -3.69. The van der Waals surface area contributed by atoms with Crippen LogP contribution >= 0.6 is 0 Å². The predicted molar refractivity (Wildman–Crippen MR) is 85.7 cm³/mol. The van der Waals surface area contributed by atoms with Gasteiger partial charge in [-0.3, -0.25) is 0 Å². The summed E-state index contributed by atoms with van der Waals surface area (Å²) < 4.78 is 58.6. The summed E-state index contributed by atoms with van der Waals surface area (Å²) in [6.07, 6.45) is -0.348. The molecule has 7 heteroatoms. The van der Waals surface area contributed by atoms with Crippen LogP contribution in [0.5, 0.6) is 0 Å². The normalized spacial score (nSPS) is 19.3. The standard InChI is InChI=1S/C17H17F2NO3S/c18-15-8-13(9-16(19)10-15)12-24(21,22)20-6-7-23-17(11-20)14-4-2-1-3-5-14/h1-5,8-10,17H,6-7,11-12H2/t17-/m1/s1. The first kappa shape index (κ1) is 17.0. The average molecular weight is 353 g/mol. The first-order valence-corrected chi connectivity index (χ1v) is 9.14. The molecule has 2 aromatic carbocycles. The van der Waals surface area contributed by atoms with Gasteiger partial charge in [-0.25, -0.2) is 17.2 Å². The Balaban J connectivity index is 1.76. The van der Waals surface area contributed by atoms with Gasteiger partial charge in [-0.2, -0.15) is 4.31 Å². The molecule has 128 valence electrons. The van der Waals surface area contributed by atoms with Gasteiger partial charge in [0.15, 0.2) is 0 Å². The molecule has 0 aliphatic carbocycles. The molecule has 1 aliphatic heterocycles. The van der Waals surface area contributed by atoms with Crippen LogP contribution in [0.4, 0.5) is 8.78 Å². The van der Waals surface area contributed by atoms with Crippen LogP contribution in [0.15, 0.2) is 48.5 Å². The Bertz CT molecular complexity index is 792. The number of ether oxygens (including phenoxy) is 1. The van der Waals surface area contributed by atoms with Crippen LogP contribution in [0.1, 0.15) is 17.2 Å². The summed E-state index contributed by atoms with van der Waals surface area (Å²) in [4.78, 5) is 0. The van der Waals surface area contributed by atoms with E-state index in [2.05, 4.69) is 0 Å². The van der Waals surface area contributed by atoms with E-state index >= 15 is 0 Å². The van der Waals surface area contributed by atoms with Crippen LogP contribution in [0.3, 0.4) is 0 Å². The van der Waals surface area contributed by atoms with Crippen LogP contribution in [-0.2, 0) is 20.5 Å². The molecule has 1 aliphatic rings. The summed E-state index contributed by atoms with van der Waals surface area (Å²) in [5.74, 6) is -2.02. The van der Waals surface area contributed by atoms with E-state index in [1.54, 1.807) is 0 Å². The molecule has 0 bridgehead atoms. The minimum Gasteiger partial charge on any atom is -0.371 e. The summed E-state index contributed by atoms with van der Waals surface area (Å²) in [6.45, 7) is 0.684. The highest BCUT2D eigenvalue weighted by Crippen LogP contribution is 2.25. The van der Waals surface area contributed by atoms with Crippen LogP contribution in [0, 0.1) is 11.6 Å². The number of hydrogen-bond acceptors (Lipinski definition) is 3. The lowest BCUT2D eigenvalue weighted by atomic mass is 10.1. The highest BCUT2D eigenvalue weighted by Gasteiger charge is 2.30. The molecule has 0 radical (unpaired) electrons. The third kappa shape index (κ3) is 3.98. The minimum atomic E-state index is -3.69. The topological polar surface area (TPSA) is 46.6 Å². The zero-order valence-corrected chi connectivity index (χ0v) is 13.7. The fourth-order valence-corrected chi connectivity index (χ4v) is 4.23. The zero-order valence-electron chi connectivity index (χ0n) is 12.9. The lowest BCUT2D eigenvalue weighted by molar-refractivity contribution is -0.00260.